The Morgan fingerprint density at radius 2 is 0.788 bits per heavy atom. The molecule has 8 aromatic rings. The Morgan fingerprint density at radius 1 is 0.404 bits per heavy atom. The Balaban J connectivity index is 1.30. The van der Waals surface area contributed by atoms with Gasteiger partial charge >= 0.3 is 0 Å². The fraction of sp³-hybridized carbons (Fsp3) is 0.0417. The maximum atomic E-state index is 7.46. The van der Waals surface area contributed by atoms with Gasteiger partial charge in [-0.15, -0.1) is 0 Å². The Kier molecular flexibility index (Phi) is 6.64. The molecule has 7 aromatic carbocycles. The first-order chi connectivity index (χ1) is 25.6. The van der Waals surface area contributed by atoms with Crippen LogP contribution in [0.4, 0.5) is 5.69 Å². The van der Waals surface area contributed by atoms with Crippen molar-refractivity contribution in [2.45, 2.75) is 12.3 Å². The van der Waals surface area contributed by atoms with Crippen molar-refractivity contribution in [3.63, 3.8) is 0 Å². The highest BCUT2D eigenvalue weighted by Gasteiger charge is 2.49. The third-order valence-electron chi connectivity index (χ3n) is 10.7. The van der Waals surface area contributed by atoms with E-state index in [1.54, 1.807) is 0 Å². The fourth-order valence-corrected chi connectivity index (χ4v) is 8.34. The van der Waals surface area contributed by atoms with Crippen molar-refractivity contribution in [3.8, 4) is 67.5 Å². The van der Waals surface area contributed by atoms with E-state index in [0.717, 1.165) is 16.7 Å². The van der Waals surface area contributed by atoms with Crippen LogP contribution in [0, 0.1) is 13.5 Å². The number of rotatable bonds is 3. The zero-order chi connectivity index (χ0) is 34.8. The van der Waals surface area contributed by atoms with E-state index in [0.29, 0.717) is 23.2 Å². The Labute approximate surface area is 302 Å². The van der Waals surface area contributed by atoms with Crippen molar-refractivity contribution in [1.29, 1.82) is 0 Å². The fourth-order valence-electron chi connectivity index (χ4n) is 8.34. The molecule has 0 aliphatic heterocycles. The summed E-state index contributed by atoms with van der Waals surface area (Å²) < 4.78 is 0. The van der Waals surface area contributed by atoms with Gasteiger partial charge in [-0.25, -0.2) is 19.8 Å². The summed E-state index contributed by atoms with van der Waals surface area (Å²) in [4.78, 5) is 18.9. The van der Waals surface area contributed by atoms with Gasteiger partial charge in [-0.3, -0.25) is 0 Å². The molecule has 52 heavy (non-hydrogen) atoms. The summed E-state index contributed by atoms with van der Waals surface area (Å²) in [6.07, 6.45) is 0. The van der Waals surface area contributed by atoms with Crippen molar-refractivity contribution in [1.82, 2.24) is 15.0 Å². The summed E-state index contributed by atoms with van der Waals surface area (Å²) in [5.41, 5.74) is 16.1. The van der Waals surface area contributed by atoms with E-state index in [-0.39, 0.29) is 0 Å². The highest BCUT2D eigenvalue weighted by Crippen LogP contribution is 2.61. The minimum absolute atomic E-state index is 0.564. The molecular formula is C48H30N4. The van der Waals surface area contributed by atoms with Gasteiger partial charge in [-0.05, 0) is 68.6 Å². The van der Waals surface area contributed by atoms with Gasteiger partial charge < -0.3 is 0 Å². The van der Waals surface area contributed by atoms with Gasteiger partial charge in [-0.1, -0.05) is 163 Å². The standard InChI is InChI=1S/C48H30N4/c1-30-19-21-31(22-20-30)45-50-46(32-23-26-34(49-2)27-24-32)52-47(51-45)33-25-28-40-36-12-4-3-11-35(36)37-13-5-8-16-41(37)48(44(40)29-33)42-17-9-6-14-38(42)39-15-7-10-18-43(39)48/h3-29H,1H3. The molecule has 0 unspecified atom stereocenters. The largest absolute Gasteiger partial charge is 0.238 e. The minimum Gasteiger partial charge on any atom is -0.238 e. The summed E-state index contributed by atoms with van der Waals surface area (Å²) in [6, 6.07) is 58.0. The Morgan fingerprint density at radius 3 is 1.29 bits per heavy atom. The second-order valence-electron chi connectivity index (χ2n) is 13.5. The maximum absolute atomic E-state index is 7.46. The molecule has 0 fully saturated rings. The van der Waals surface area contributed by atoms with Crippen LogP contribution in [0.15, 0.2) is 164 Å². The van der Waals surface area contributed by atoms with Crippen molar-refractivity contribution < 1.29 is 0 Å². The lowest BCUT2D eigenvalue weighted by Crippen LogP contribution is -2.29. The molecule has 0 saturated heterocycles. The van der Waals surface area contributed by atoms with Crippen LogP contribution >= 0.6 is 0 Å². The lowest BCUT2D eigenvalue weighted by Gasteiger charge is -2.35. The number of hydrogen-bond donors (Lipinski definition) is 0. The monoisotopic (exact) mass is 662 g/mol. The zero-order valence-electron chi connectivity index (χ0n) is 28.4. The molecular weight excluding hydrogens is 633 g/mol. The maximum Gasteiger partial charge on any atom is 0.187 e. The summed E-state index contributed by atoms with van der Waals surface area (Å²) in [6.45, 7) is 9.53. The molecule has 0 N–H and O–H groups in total. The highest BCUT2D eigenvalue weighted by atomic mass is 15.0. The number of aryl methyl sites for hydroxylation is 1. The van der Waals surface area contributed by atoms with E-state index in [1.165, 1.54) is 61.2 Å². The number of aromatic nitrogens is 3. The first kappa shape index (κ1) is 29.9. The van der Waals surface area contributed by atoms with Crippen LogP contribution < -0.4 is 0 Å². The zero-order valence-corrected chi connectivity index (χ0v) is 28.4. The normalized spacial score (nSPS) is 12.8. The summed E-state index contributed by atoms with van der Waals surface area (Å²) >= 11 is 0. The molecule has 4 nitrogen and oxygen atoms in total. The van der Waals surface area contributed by atoms with Crippen LogP contribution in [-0.2, 0) is 5.41 Å². The lowest BCUT2D eigenvalue weighted by atomic mass is 9.65. The average molecular weight is 663 g/mol. The van der Waals surface area contributed by atoms with Gasteiger partial charge in [-0.2, -0.15) is 0 Å². The van der Waals surface area contributed by atoms with E-state index >= 15 is 0 Å². The first-order valence-electron chi connectivity index (χ1n) is 17.5. The van der Waals surface area contributed by atoms with Gasteiger partial charge in [0.15, 0.2) is 23.2 Å². The molecule has 2 aliphatic carbocycles. The summed E-state index contributed by atoms with van der Waals surface area (Å²) in [5, 5.41) is 0. The molecule has 10 rings (SSSR count). The van der Waals surface area contributed by atoms with Crippen molar-refractivity contribution in [2.75, 3.05) is 0 Å². The second kappa shape index (κ2) is 11.6. The van der Waals surface area contributed by atoms with Crippen LogP contribution in [0.3, 0.4) is 0 Å². The van der Waals surface area contributed by atoms with E-state index in [1.807, 2.05) is 24.3 Å². The molecule has 4 heteroatoms. The van der Waals surface area contributed by atoms with Crippen LogP contribution in [0.2, 0.25) is 0 Å². The summed E-state index contributed by atoms with van der Waals surface area (Å²) in [5.74, 6) is 1.76. The average Bonchev–Trinajstić information content (AvgIpc) is 3.46. The molecule has 1 aromatic heterocycles. The van der Waals surface area contributed by atoms with E-state index in [9.17, 15) is 0 Å². The highest BCUT2D eigenvalue weighted by molar-refractivity contribution is 5.97. The Bertz CT molecular complexity index is 2710. The lowest BCUT2D eigenvalue weighted by molar-refractivity contribution is 0.775. The molecule has 0 bridgehead atoms. The van der Waals surface area contributed by atoms with Crippen LogP contribution in [-0.4, -0.2) is 15.0 Å². The van der Waals surface area contributed by atoms with Gasteiger partial charge in [0.25, 0.3) is 0 Å². The minimum atomic E-state index is -0.598. The van der Waals surface area contributed by atoms with Crippen LogP contribution in [0.1, 0.15) is 27.8 Å². The number of benzene rings is 7. The molecule has 0 radical (unpaired) electrons. The van der Waals surface area contributed by atoms with Gasteiger partial charge in [0.2, 0.25) is 0 Å². The first-order valence-corrected chi connectivity index (χ1v) is 17.5. The van der Waals surface area contributed by atoms with E-state index < -0.39 is 5.41 Å². The smallest absolute Gasteiger partial charge is 0.187 e. The van der Waals surface area contributed by atoms with Crippen molar-refractivity contribution >= 4 is 5.69 Å². The second-order valence-corrected chi connectivity index (χ2v) is 13.5. The number of nitrogens with zero attached hydrogens (tertiary/aromatic N) is 4. The third kappa shape index (κ3) is 4.36. The van der Waals surface area contributed by atoms with Gasteiger partial charge in [0.1, 0.15) is 0 Å². The molecule has 1 spiro atoms. The molecule has 0 saturated carbocycles. The van der Waals surface area contributed by atoms with Crippen LogP contribution in [0.5, 0.6) is 0 Å². The van der Waals surface area contributed by atoms with E-state index in [2.05, 4.69) is 151 Å². The molecule has 2 aliphatic rings. The van der Waals surface area contributed by atoms with E-state index in [4.69, 9.17) is 21.5 Å². The van der Waals surface area contributed by atoms with Crippen molar-refractivity contribution in [3.05, 3.63) is 203 Å². The third-order valence-corrected chi connectivity index (χ3v) is 10.7. The predicted molar refractivity (Wildman–Crippen MR) is 209 cm³/mol. The topological polar surface area (TPSA) is 43.0 Å². The number of hydrogen-bond acceptors (Lipinski definition) is 3. The SMILES string of the molecule is [C-]#[N+]c1ccc(-c2nc(-c3ccc(C)cc3)nc(-c3ccc4c(c3)C3(c5ccccc5-c5ccccc5-4)c4ccccc4-c4ccccc43)n2)cc1. The van der Waals surface area contributed by atoms with Gasteiger partial charge in [0, 0.05) is 16.7 Å². The van der Waals surface area contributed by atoms with Crippen LogP contribution in [0.25, 0.3) is 72.4 Å². The predicted octanol–water partition coefficient (Wildman–Crippen LogP) is 11.7. The number of fused-ring (bicyclic) bond motifs is 12. The molecule has 0 amide bonds. The molecule has 0 atom stereocenters. The van der Waals surface area contributed by atoms with Gasteiger partial charge in [0.05, 0.1) is 12.0 Å². The van der Waals surface area contributed by atoms with Crippen molar-refractivity contribution in [2.24, 2.45) is 0 Å². The summed E-state index contributed by atoms with van der Waals surface area (Å²) in [7, 11) is 0. The Hall–Kier alpha value is -6.96. The quantitative estimate of drug-likeness (QED) is 0.177. The molecule has 1 heterocycles. The molecule has 242 valence electrons.